The Kier molecular flexibility index (Phi) is 4.47. The predicted molar refractivity (Wildman–Crippen MR) is 117 cm³/mol. The SMILES string of the molecule is Cc1ccc(N2C[C@@]3(CCC[C@](C)(Cn4cnc5ccc(C#N)cc54)C3)OC2=O)cn1. The van der Waals surface area contributed by atoms with E-state index in [1.807, 2.05) is 37.5 Å². The molecule has 3 aromatic rings. The van der Waals surface area contributed by atoms with Gasteiger partial charge in [0.25, 0.3) is 0 Å². The van der Waals surface area contributed by atoms with Gasteiger partial charge in [-0.2, -0.15) is 5.26 Å². The summed E-state index contributed by atoms with van der Waals surface area (Å²) in [7, 11) is 0. The molecule has 0 N–H and O–H groups in total. The Morgan fingerprint density at radius 2 is 2.10 bits per heavy atom. The zero-order valence-corrected chi connectivity index (χ0v) is 17.8. The average molecular weight is 415 g/mol. The molecule has 0 radical (unpaired) electrons. The summed E-state index contributed by atoms with van der Waals surface area (Å²) in [5, 5.41) is 9.26. The maximum absolute atomic E-state index is 12.7. The van der Waals surface area contributed by atoms with E-state index in [0.29, 0.717) is 12.1 Å². The molecule has 7 heteroatoms. The Balaban J connectivity index is 1.39. The summed E-state index contributed by atoms with van der Waals surface area (Å²) in [6, 6.07) is 11.6. The monoisotopic (exact) mass is 415 g/mol. The summed E-state index contributed by atoms with van der Waals surface area (Å²) < 4.78 is 8.15. The molecule has 1 aromatic carbocycles. The average Bonchev–Trinajstić information content (AvgIpc) is 3.28. The van der Waals surface area contributed by atoms with Gasteiger partial charge >= 0.3 is 6.09 Å². The van der Waals surface area contributed by atoms with Crippen LogP contribution in [0.1, 0.15) is 43.9 Å². The summed E-state index contributed by atoms with van der Waals surface area (Å²) in [6.07, 6.45) is 7.01. The van der Waals surface area contributed by atoms with E-state index in [1.54, 1.807) is 17.2 Å². The summed E-state index contributed by atoms with van der Waals surface area (Å²) >= 11 is 0. The van der Waals surface area contributed by atoms with Crippen molar-refractivity contribution in [2.45, 2.75) is 51.7 Å². The smallest absolute Gasteiger partial charge is 0.415 e. The third kappa shape index (κ3) is 3.52. The number of rotatable bonds is 3. The summed E-state index contributed by atoms with van der Waals surface area (Å²) in [6.45, 7) is 5.51. The number of amides is 1. The number of imidazole rings is 1. The fourth-order valence-corrected chi connectivity index (χ4v) is 5.25. The molecule has 2 fully saturated rings. The van der Waals surface area contributed by atoms with Crippen LogP contribution in [0, 0.1) is 23.7 Å². The molecule has 1 spiro atoms. The second kappa shape index (κ2) is 7.09. The Labute approximate surface area is 181 Å². The van der Waals surface area contributed by atoms with Gasteiger partial charge in [-0.3, -0.25) is 9.88 Å². The van der Waals surface area contributed by atoms with E-state index in [2.05, 4.69) is 27.5 Å². The highest BCUT2D eigenvalue weighted by atomic mass is 16.6. The van der Waals surface area contributed by atoms with Gasteiger partial charge in [-0.1, -0.05) is 6.92 Å². The van der Waals surface area contributed by atoms with Gasteiger partial charge in [0.05, 0.1) is 47.4 Å². The number of hydrogen-bond acceptors (Lipinski definition) is 5. The fraction of sp³-hybridized carbons (Fsp3) is 0.417. The number of pyridine rings is 1. The van der Waals surface area contributed by atoms with Crippen molar-refractivity contribution in [2.75, 3.05) is 11.4 Å². The van der Waals surface area contributed by atoms with Crippen molar-refractivity contribution < 1.29 is 9.53 Å². The third-order valence-electron chi connectivity index (χ3n) is 6.64. The molecule has 2 aliphatic rings. The number of anilines is 1. The number of hydrogen-bond donors (Lipinski definition) is 0. The molecule has 7 nitrogen and oxygen atoms in total. The van der Waals surface area contributed by atoms with Crippen molar-refractivity contribution in [1.82, 2.24) is 14.5 Å². The molecule has 0 bridgehead atoms. The first kappa shape index (κ1) is 19.6. The van der Waals surface area contributed by atoms with Gasteiger partial charge < -0.3 is 9.30 Å². The molecule has 1 aliphatic heterocycles. The number of benzene rings is 1. The van der Waals surface area contributed by atoms with Crippen molar-refractivity contribution in [3.63, 3.8) is 0 Å². The van der Waals surface area contributed by atoms with E-state index in [4.69, 9.17) is 4.74 Å². The minimum absolute atomic E-state index is 0.0453. The predicted octanol–water partition coefficient (Wildman–Crippen LogP) is 4.59. The van der Waals surface area contributed by atoms with Gasteiger partial charge in [0.2, 0.25) is 0 Å². The number of ether oxygens (including phenoxy) is 1. The molecule has 2 atom stereocenters. The lowest BCUT2D eigenvalue weighted by Gasteiger charge is -2.43. The molecule has 5 rings (SSSR count). The van der Waals surface area contributed by atoms with Crippen LogP contribution >= 0.6 is 0 Å². The zero-order chi connectivity index (χ0) is 21.6. The van der Waals surface area contributed by atoms with Gasteiger partial charge in [-0.05, 0) is 68.4 Å². The number of carbonyl (C=O) groups is 1. The van der Waals surface area contributed by atoms with Crippen LogP contribution in [-0.2, 0) is 11.3 Å². The highest BCUT2D eigenvalue weighted by Gasteiger charge is 2.51. The molecule has 1 saturated heterocycles. The Morgan fingerprint density at radius 3 is 2.87 bits per heavy atom. The zero-order valence-electron chi connectivity index (χ0n) is 17.8. The first-order valence-electron chi connectivity index (χ1n) is 10.7. The number of nitriles is 1. The number of carbonyl (C=O) groups excluding carboxylic acids is 1. The molecule has 158 valence electrons. The number of fused-ring (bicyclic) bond motifs is 1. The lowest BCUT2D eigenvalue weighted by atomic mass is 9.68. The largest absolute Gasteiger partial charge is 0.441 e. The highest BCUT2D eigenvalue weighted by molar-refractivity contribution is 5.90. The van der Waals surface area contributed by atoms with Crippen molar-refractivity contribution in [1.29, 1.82) is 5.26 Å². The fourth-order valence-electron chi connectivity index (χ4n) is 5.25. The Hall–Kier alpha value is -3.40. The second-order valence-electron chi connectivity index (χ2n) is 9.32. The third-order valence-corrected chi connectivity index (χ3v) is 6.64. The van der Waals surface area contributed by atoms with Crippen molar-refractivity contribution >= 4 is 22.8 Å². The van der Waals surface area contributed by atoms with Crippen LogP contribution in [-0.4, -0.2) is 32.8 Å². The quantitative estimate of drug-likeness (QED) is 0.625. The van der Waals surface area contributed by atoms with E-state index < -0.39 is 5.60 Å². The summed E-state index contributed by atoms with van der Waals surface area (Å²) in [5.74, 6) is 0. The first-order valence-corrected chi connectivity index (χ1v) is 10.7. The van der Waals surface area contributed by atoms with Crippen LogP contribution < -0.4 is 4.90 Å². The normalized spacial score (nSPS) is 25.7. The van der Waals surface area contributed by atoms with E-state index in [0.717, 1.165) is 54.6 Å². The van der Waals surface area contributed by atoms with E-state index in [9.17, 15) is 10.1 Å². The van der Waals surface area contributed by atoms with Crippen molar-refractivity contribution in [3.8, 4) is 6.07 Å². The number of aryl methyl sites for hydroxylation is 1. The molecule has 2 aromatic heterocycles. The van der Waals surface area contributed by atoms with Crippen LogP contribution in [0.3, 0.4) is 0 Å². The molecule has 3 heterocycles. The molecular formula is C24H25N5O2. The highest BCUT2D eigenvalue weighted by Crippen LogP contribution is 2.47. The molecule has 1 amide bonds. The maximum atomic E-state index is 12.7. The van der Waals surface area contributed by atoms with Crippen LogP contribution in [0.25, 0.3) is 11.0 Å². The maximum Gasteiger partial charge on any atom is 0.415 e. The molecule has 1 saturated carbocycles. The van der Waals surface area contributed by atoms with Crippen LogP contribution in [0.4, 0.5) is 10.5 Å². The molecule has 0 unspecified atom stereocenters. The van der Waals surface area contributed by atoms with Crippen LogP contribution in [0.15, 0.2) is 42.9 Å². The standard InChI is InChI=1S/C24H25N5O2/c1-17-4-6-19(12-26-17)29-15-24(31-22(29)30)9-3-8-23(2,13-24)14-28-16-27-20-7-5-18(11-25)10-21(20)28/h4-7,10,12,16H,3,8-9,13-15H2,1-2H3/t23-,24-/m0/s1. The lowest BCUT2D eigenvalue weighted by Crippen LogP contribution is -2.45. The molecule has 31 heavy (non-hydrogen) atoms. The lowest BCUT2D eigenvalue weighted by molar-refractivity contribution is -0.0264. The van der Waals surface area contributed by atoms with E-state index in [1.165, 1.54) is 0 Å². The van der Waals surface area contributed by atoms with Crippen molar-refractivity contribution in [2.24, 2.45) is 5.41 Å². The molecule has 1 aliphatic carbocycles. The van der Waals surface area contributed by atoms with Gasteiger partial charge in [0.1, 0.15) is 5.60 Å². The minimum atomic E-state index is -0.483. The number of aromatic nitrogens is 3. The van der Waals surface area contributed by atoms with Gasteiger partial charge in [-0.25, -0.2) is 9.78 Å². The number of nitrogens with zero attached hydrogens (tertiary/aromatic N) is 5. The Morgan fingerprint density at radius 1 is 1.23 bits per heavy atom. The Bertz CT molecular complexity index is 1190. The van der Waals surface area contributed by atoms with Gasteiger partial charge in [0.15, 0.2) is 0 Å². The van der Waals surface area contributed by atoms with Gasteiger partial charge in [0, 0.05) is 12.2 Å². The summed E-state index contributed by atoms with van der Waals surface area (Å²) in [5.41, 5.74) is 3.66. The van der Waals surface area contributed by atoms with Crippen molar-refractivity contribution in [3.05, 3.63) is 54.1 Å². The van der Waals surface area contributed by atoms with E-state index >= 15 is 0 Å². The minimum Gasteiger partial charge on any atom is -0.441 e. The van der Waals surface area contributed by atoms with Gasteiger partial charge in [-0.15, -0.1) is 0 Å². The van der Waals surface area contributed by atoms with Crippen LogP contribution in [0.5, 0.6) is 0 Å². The topological polar surface area (TPSA) is 84.0 Å². The van der Waals surface area contributed by atoms with Crippen LogP contribution in [0.2, 0.25) is 0 Å². The first-order chi connectivity index (χ1) is 14.9. The molecular weight excluding hydrogens is 390 g/mol. The van der Waals surface area contributed by atoms with E-state index in [-0.39, 0.29) is 11.5 Å². The second-order valence-corrected chi connectivity index (χ2v) is 9.32. The summed E-state index contributed by atoms with van der Waals surface area (Å²) in [4.78, 5) is 23.3.